The van der Waals surface area contributed by atoms with Crippen LogP contribution in [0.3, 0.4) is 0 Å². The molecule has 1 saturated heterocycles. The van der Waals surface area contributed by atoms with E-state index in [1.54, 1.807) is 6.92 Å². The van der Waals surface area contributed by atoms with E-state index in [0.717, 1.165) is 6.29 Å². The van der Waals surface area contributed by atoms with Crippen molar-refractivity contribution < 1.29 is 14.3 Å². The van der Waals surface area contributed by atoms with Gasteiger partial charge < -0.3 is 14.3 Å². The Labute approximate surface area is 73.0 Å². The molecule has 1 fully saturated rings. The molecule has 0 aromatic carbocycles. The van der Waals surface area contributed by atoms with Gasteiger partial charge in [-0.05, 0) is 0 Å². The zero-order valence-corrected chi connectivity index (χ0v) is 7.87. The third-order valence-electron chi connectivity index (χ3n) is 1.92. The molecule has 3 heteroatoms. The first-order valence-corrected chi connectivity index (χ1v) is 4.24. The quantitative estimate of drug-likeness (QED) is 0.587. The van der Waals surface area contributed by atoms with Crippen LogP contribution in [0.4, 0.5) is 0 Å². The molecule has 1 heterocycles. The van der Waals surface area contributed by atoms with Gasteiger partial charge in [0.25, 0.3) is 0 Å². The van der Waals surface area contributed by atoms with Crippen LogP contribution in [0.15, 0.2) is 0 Å². The number of rotatable bonds is 2. The number of hydrogen-bond donors (Lipinski definition) is 0. The molecular weight excluding hydrogens is 156 g/mol. The predicted octanol–water partition coefficient (Wildman–Crippen LogP) is 1.22. The normalized spacial score (nSPS) is 26.6. The molecule has 0 saturated carbocycles. The summed E-state index contributed by atoms with van der Waals surface area (Å²) in [6, 6.07) is 0. The van der Waals surface area contributed by atoms with Gasteiger partial charge in [-0.25, -0.2) is 0 Å². The van der Waals surface area contributed by atoms with Gasteiger partial charge in [-0.2, -0.15) is 0 Å². The standard InChI is InChI=1S/C9H16O3/c1-7(4-10)8-11-5-9(2,3)6-12-8/h4,7-8H,5-6H2,1-3H3/t7-/m1/s1. The van der Waals surface area contributed by atoms with E-state index in [1.165, 1.54) is 0 Å². The van der Waals surface area contributed by atoms with Gasteiger partial charge in [0.05, 0.1) is 19.1 Å². The summed E-state index contributed by atoms with van der Waals surface area (Å²) in [6.07, 6.45) is 0.527. The van der Waals surface area contributed by atoms with Gasteiger partial charge in [-0.15, -0.1) is 0 Å². The topological polar surface area (TPSA) is 35.5 Å². The average Bonchev–Trinajstić information content (AvgIpc) is 2.03. The molecule has 0 bridgehead atoms. The van der Waals surface area contributed by atoms with E-state index >= 15 is 0 Å². The van der Waals surface area contributed by atoms with Gasteiger partial charge in [0.15, 0.2) is 6.29 Å². The van der Waals surface area contributed by atoms with Crippen molar-refractivity contribution in [1.29, 1.82) is 0 Å². The van der Waals surface area contributed by atoms with Crippen molar-refractivity contribution >= 4 is 6.29 Å². The molecular formula is C9H16O3. The van der Waals surface area contributed by atoms with Crippen molar-refractivity contribution in [2.24, 2.45) is 11.3 Å². The second kappa shape index (κ2) is 3.54. The molecule has 1 aliphatic rings. The van der Waals surface area contributed by atoms with Crippen LogP contribution in [0.5, 0.6) is 0 Å². The van der Waals surface area contributed by atoms with Gasteiger partial charge in [-0.3, -0.25) is 0 Å². The van der Waals surface area contributed by atoms with Gasteiger partial charge in [0.1, 0.15) is 6.29 Å². The van der Waals surface area contributed by atoms with E-state index in [0.29, 0.717) is 13.2 Å². The van der Waals surface area contributed by atoms with Crippen molar-refractivity contribution in [2.45, 2.75) is 27.1 Å². The first-order chi connectivity index (χ1) is 5.55. The van der Waals surface area contributed by atoms with E-state index < -0.39 is 0 Å². The van der Waals surface area contributed by atoms with Crippen molar-refractivity contribution in [2.75, 3.05) is 13.2 Å². The summed E-state index contributed by atoms with van der Waals surface area (Å²) in [5.41, 5.74) is 0.0824. The first-order valence-electron chi connectivity index (χ1n) is 4.24. The Kier molecular flexibility index (Phi) is 2.85. The van der Waals surface area contributed by atoms with Crippen molar-refractivity contribution in [3.63, 3.8) is 0 Å². The lowest BCUT2D eigenvalue weighted by molar-refractivity contribution is -0.236. The van der Waals surface area contributed by atoms with Crippen LogP contribution < -0.4 is 0 Å². The largest absolute Gasteiger partial charge is 0.351 e. The van der Waals surface area contributed by atoms with Crippen LogP contribution in [0.1, 0.15) is 20.8 Å². The molecule has 70 valence electrons. The molecule has 0 radical (unpaired) electrons. The monoisotopic (exact) mass is 172 g/mol. The van der Waals surface area contributed by atoms with Crippen molar-refractivity contribution in [1.82, 2.24) is 0 Å². The highest BCUT2D eigenvalue weighted by Gasteiger charge is 2.30. The fourth-order valence-corrected chi connectivity index (χ4v) is 1.07. The van der Waals surface area contributed by atoms with Crippen molar-refractivity contribution in [3.8, 4) is 0 Å². The molecule has 12 heavy (non-hydrogen) atoms. The summed E-state index contributed by atoms with van der Waals surface area (Å²) in [4.78, 5) is 10.4. The van der Waals surface area contributed by atoms with Crippen LogP contribution in [0.2, 0.25) is 0 Å². The Bertz CT molecular complexity index is 155. The van der Waals surface area contributed by atoms with Gasteiger partial charge in [0, 0.05) is 5.41 Å². The Morgan fingerprint density at radius 1 is 1.42 bits per heavy atom. The summed E-state index contributed by atoms with van der Waals surface area (Å²) in [5.74, 6) is -0.166. The van der Waals surface area contributed by atoms with E-state index in [1.807, 2.05) is 0 Å². The Morgan fingerprint density at radius 2 is 1.92 bits per heavy atom. The first kappa shape index (κ1) is 9.68. The maximum absolute atomic E-state index is 10.4. The van der Waals surface area contributed by atoms with Crippen LogP contribution in [0.25, 0.3) is 0 Å². The molecule has 0 spiro atoms. The zero-order valence-electron chi connectivity index (χ0n) is 7.87. The number of carbonyl (C=O) groups is 1. The lowest BCUT2D eigenvalue weighted by Crippen LogP contribution is -2.41. The maximum atomic E-state index is 10.4. The minimum atomic E-state index is -0.337. The van der Waals surface area contributed by atoms with E-state index in [-0.39, 0.29) is 17.6 Å². The molecule has 0 aromatic rings. The smallest absolute Gasteiger partial charge is 0.166 e. The molecule has 1 aliphatic heterocycles. The third-order valence-corrected chi connectivity index (χ3v) is 1.92. The van der Waals surface area contributed by atoms with E-state index in [2.05, 4.69) is 13.8 Å². The second-order valence-electron chi connectivity index (χ2n) is 4.15. The lowest BCUT2D eigenvalue weighted by atomic mass is 9.95. The molecule has 3 nitrogen and oxygen atoms in total. The summed E-state index contributed by atoms with van der Waals surface area (Å²) in [6.45, 7) is 7.28. The minimum Gasteiger partial charge on any atom is -0.351 e. The minimum absolute atomic E-state index is 0.0824. The zero-order chi connectivity index (χ0) is 9.19. The van der Waals surface area contributed by atoms with Gasteiger partial charge >= 0.3 is 0 Å². The molecule has 0 unspecified atom stereocenters. The van der Waals surface area contributed by atoms with E-state index in [9.17, 15) is 4.79 Å². The van der Waals surface area contributed by atoms with Gasteiger partial charge in [-0.1, -0.05) is 20.8 Å². The highest BCUT2D eigenvalue weighted by atomic mass is 16.7. The molecule has 1 atom stereocenters. The molecule has 0 aromatic heterocycles. The van der Waals surface area contributed by atoms with Crippen LogP contribution in [-0.2, 0) is 14.3 Å². The van der Waals surface area contributed by atoms with Crippen LogP contribution in [-0.4, -0.2) is 25.8 Å². The second-order valence-corrected chi connectivity index (χ2v) is 4.15. The molecule has 0 aliphatic carbocycles. The van der Waals surface area contributed by atoms with Gasteiger partial charge in [0.2, 0.25) is 0 Å². The highest BCUT2D eigenvalue weighted by molar-refractivity contribution is 5.53. The number of carbonyl (C=O) groups excluding carboxylic acids is 1. The number of aldehydes is 1. The maximum Gasteiger partial charge on any atom is 0.166 e. The Balaban J connectivity index is 2.40. The molecule has 1 rings (SSSR count). The Hall–Kier alpha value is -0.410. The molecule has 0 amide bonds. The summed E-state index contributed by atoms with van der Waals surface area (Å²) in [5, 5.41) is 0. The van der Waals surface area contributed by atoms with Crippen LogP contribution >= 0.6 is 0 Å². The number of ether oxygens (including phenoxy) is 2. The molecule has 0 N–H and O–H groups in total. The fraction of sp³-hybridized carbons (Fsp3) is 0.889. The van der Waals surface area contributed by atoms with E-state index in [4.69, 9.17) is 9.47 Å². The Morgan fingerprint density at radius 3 is 2.33 bits per heavy atom. The fourth-order valence-electron chi connectivity index (χ4n) is 1.07. The summed E-state index contributed by atoms with van der Waals surface area (Å²) in [7, 11) is 0. The van der Waals surface area contributed by atoms with Crippen LogP contribution in [0, 0.1) is 11.3 Å². The average molecular weight is 172 g/mol. The number of hydrogen-bond acceptors (Lipinski definition) is 3. The lowest BCUT2D eigenvalue weighted by Gasteiger charge is -2.35. The third kappa shape index (κ3) is 2.29. The SMILES string of the molecule is C[C@H](C=O)C1OCC(C)(C)CO1. The predicted molar refractivity (Wildman–Crippen MR) is 44.7 cm³/mol. The summed E-state index contributed by atoms with van der Waals surface area (Å²) >= 11 is 0. The summed E-state index contributed by atoms with van der Waals surface area (Å²) < 4.78 is 10.8. The van der Waals surface area contributed by atoms with Crippen molar-refractivity contribution in [3.05, 3.63) is 0 Å². The highest BCUT2D eigenvalue weighted by Crippen LogP contribution is 2.25.